The molecule has 25 heavy (non-hydrogen) atoms. The van der Waals surface area contributed by atoms with E-state index in [-0.39, 0.29) is 17.9 Å². The highest BCUT2D eigenvalue weighted by molar-refractivity contribution is 5.83. The van der Waals surface area contributed by atoms with Gasteiger partial charge < -0.3 is 20.5 Å². The summed E-state index contributed by atoms with van der Waals surface area (Å²) in [5.74, 6) is -0.251. The fourth-order valence-electron chi connectivity index (χ4n) is 3.19. The van der Waals surface area contributed by atoms with Crippen LogP contribution in [0.2, 0.25) is 0 Å². The molecule has 0 saturated heterocycles. The average Bonchev–Trinajstić information content (AvgIpc) is 2.97. The Hall–Kier alpha value is -2.34. The van der Waals surface area contributed by atoms with Gasteiger partial charge in [-0.2, -0.15) is 0 Å². The van der Waals surface area contributed by atoms with Crippen molar-refractivity contribution in [2.24, 2.45) is 0 Å². The van der Waals surface area contributed by atoms with Crippen LogP contribution in [0.3, 0.4) is 0 Å². The molecular formula is C19H25FN4O. The maximum atomic E-state index is 13.4. The molecule has 1 aromatic heterocycles. The first kappa shape index (κ1) is 17.5. The molecule has 1 unspecified atom stereocenters. The number of aromatic nitrogens is 1. The number of urea groups is 1. The molecule has 1 aromatic carbocycles. The van der Waals surface area contributed by atoms with Gasteiger partial charge in [0.25, 0.3) is 0 Å². The number of benzene rings is 1. The van der Waals surface area contributed by atoms with Crippen LogP contribution in [0.4, 0.5) is 9.18 Å². The molecule has 6 heteroatoms. The molecular weight excluding hydrogens is 319 g/mol. The molecule has 0 fully saturated rings. The Labute approximate surface area is 147 Å². The van der Waals surface area contributed by atoms with Crippen LogP contribution >= 0.6 is 0 Å². The highest BCUT2D eigenvalue weighted by Crippen LogP contribution is 2.19. The first-order valence-electron chi connectivity index (χ1n) is 8.70. The second kappa shape index (κ2) is 7.70. The van der Waals surface area contributed by atoms with Crippen LogP contribution < -0.4 is 10.6 Å². The smallest absolute Gasteiger partial charge is 0.315 e. The highest BCUT2D eigenvalue weighted by Gasteiger charge is 2.15. The topological polar surface area (TPSA) is 60.2 Å². The van der Waals surface area contributed by atoms with E-state index in [0.29, 0.717) is 13.0 Å². The van der Waals surface area contributed by atoms with Crippen LogP contribution in [0.15, 0.2) is 36.0 Å². The molecule has 0 spiro atoms. The summed E-state index contributed by atoms with van der Waals surface area (Å²) >= 11 is 0. The summed E-state index contributed by atoms with van der Waals surface area (Å²) in [5, 5.41) is 6.74. The van der Waals surface area contributed by atoms with Gasteiger partial charge in [-0.25, -0.2) is 9.18 Å². The Morgan fingerprint density at radius 2 is 2.28 bits per heavy atom. The molecule has 0 saturated carbocycles. The maximum Gasteiger partial charge on any atom is 0.315 e. The lowest BCUT2D eigenvalue weighted by atomic mass is 10.0. The first-order valence-corrected chi connectivity index (χ1v) is 8.70. The number of likely N-dealkylation sites (N-methyl/N-ethyl adjacent to an activating group) is 1. The molecule has 3 N–H and O–H groups in total. The zero-order valence-electron chi connectivity index (χ0n) is 14.7. The van der Waals surface area contributed by atoms with Crippen molar-refractivity contribution in [3.05, 3.63) is 47.4 Å². The first-order chi connectivity index (χ1) is 12.0. The predicted octanol–water partition coefficient (Wildman–Crippen LogP) is 2.80. The summed E-state index contributed by atoms with van der Waals surface area (Å²) in [6.07, 6.45) is 5.70. The van der Waals surface area contributed by atoms with Gasteiger partial charge in [-0.3, -0.25) is 0 Å². The third kappa shape index (κ3) is 4.39. The zero-order valence-corrected chi connectivity index (χ0v) is 14.7. The van der Waals surface area contributed by atoms with Crippen molar-refractivity contribution in [1.82, 2.24) is 20.5 Å². The largest absolute Gasteiger partial charge is 0.361 e. The number of carbonyl (C=O) groups excluding carboxylic acids is 1. The van der Waals surface area contributed by atoms with E-state index in [1.54, 1.807) is 6.07 Å². The quantitative estimate of drug-likeness (QED) is 0.731. The van der Waals surface area contributed by atoms with Crippen LogP contribution in [0.1, 0.15) is 18.9 Å². The number of aromatic amines is 1. The molecule has 0 aliphatic carbocycles. The van der Waals surface area contributed by atoms with Crippen molar-refractivity contribution in [2.75, 3.05) is 26.7 Å². The number of halogens is 1. The minimum Gasteiger partial charge on any atom is -0.361 e. The number of hydrogen-bond donors (Lipinski definition) is 3. The lowest BCUT2D eigenvalue weighted by molar-refractivity contribution is 0.238. The molecule has 5 nitrogen and oxygen atoms in total. The van der Waals surface area contributed by atoms with Crippen molar-refractivity contribution in [1.29, 1.82) is 0 Å². The molecule has 0 bridgehead atoms. The van der Waals surface area contributed by atoms with Crippen molar-refractivity contribution < 1.29 is 9.18 Å². The summed E-state index contributed by atoms with van der Waals surface area (Å²) in [7, 11) is 2.09. The molecule has 134 valence electrons. The fourth-order valence-corrected chi connectivity index (χ4v) is 3.19. The molecule has 0 radical (unpaired) electrons. The van der Waals surface area contributed by atoms with Gasteiger partial charge in [0.2, 0.25) is 0 Å². The van der Waals surface area contributed by atoms with Gasteiger partial charge in [-0.05, 0) is 56.1 Å². The van der Waals surface area contributed by atoms with Crippen molar-refractivity contribution >= 4 is 16.9 Å². The Morgan fingerprint density at radius 3 is 3.04 bits per heavy atom. The van der Waals surface area contributed by atoms with Gasteiger partial charge >= 0.3 is 6.03 Å². The van der Waals surface area contributed by atoms with Crippen LogP contribution in [0.5, 0.6) is 0 Å². The Morgan fingerprint density at radius 1 is 1.44 bits per heavy atom. The number of carbonyl (C=O) groups is 1. The van der Waals surface area contributed by atoms with Crippen molar-refractivity contribution in [3.8, 4) is 0 Å². The minimum absolute atomic E-state index is 0.0379. The summed E-state index contributed by atoms with van der Waals surface area (Å²) in [5.41, 5.74) is 3.19. The van der Waals surface area contributed by atoms with Crippen LogP contribution in [0.25, 0.3) is 10.9 Å². The maximum absolute atomic E-state index is 13.4. The number of amides is 2. The van der Waals surface area contributed by atoms with Gasteiger partial charge in [0.1, 0.15) is 5.82 Å². The molecule has 1 aliphatic heterocycles. The number of hydrogen-bond acceptors (Lipinski definition) is 2. The number of fused-ring (bicyclic) bond motifs is 1. The molecule has 3 rings (SSSR count). The highest BCUT2D eigenvalue weighted by atomic mass is 19.1. The zero-order chi connectivity index (χ0) is 17.8. The third-order valence-corrected chi connectivity index (χ3v) is 4.76. The van der Waals surface area contributed by atoms with Crippen molar-refractivity contribution in [3.63, 3.8) is 0 Å². The number of nitrogens with one attached hydrogen (secondary N) is 3. The molecule has 2 heterocycles. The predicted molar refractivity (Wildman–Crippen MR) is 98.2 cm³/mol. The van der Waals surface area contributed by atoms with Gasteiger partial charge in [0.05, 0.1) is 0 Å². The molecule has 2 aromatic rings. The van der Waals surface area contributed by atoms with Gasteiger partial charge in [-0.1, -0.05) is 6.08 Å². The summed E-state index contributed by atoms with van der Waals surface area (Å²) in [4.78, 5) is 17.5. The lowest BCUT2D eigenvalue weighted by Crippen LogP contribution is -2.43. The summed E-state index contributed by atoms with van der Waals surface area (Å²) in [6.45, 7) is 4.47. The fraction of sp³-hybridized carbons (Fsp3) is 0.421. The minimum atomic E-state index is -0.251. The van der Waals surface area contributed by atoms with Crippen LogP contribution in [-0.4, -0.2) is 48.6 Å². The summed E-state index contributed by atoms with van der Waals surface area (Å²) < 4.78 is 13.4. The van der Waals surface area contributed by atoms with Gasteiger partial charge in [0.15, 0.2) is 0 Å². The number of H-pyrrole nitrogens is 1. The van der Waals surface area contributed by atoms with Gasteiger partial charge in [-0.15, -0.1) is 0 Å². The average molecular weight is 344 g/mol. The summed E-state index contributed by atoms with van der Waals surface area (Å²) in [6, 6.07) is 4.56. The Balaban J connectivity index is 1.48. The second-order valence-electron chi connectivity index (χ2n) is 6.67. The third-order valence-electron chi connectivity index (χ3n) is 4.76. The van der Waals surface area contributed by atoms with Gasteiger partial charge in [0, 0.05) is 42.8 Å². The lowest BCUT2D eigenvalue weighted by Gasteiger charge is -2.26. The van der Waals surface area contributed by atoms with E-state index in [9.17, 15) is 9.18 Å². The molecule has 1 aliphatic rings. The van der Waals surface area contributed by atoms with E-state index in [1.165, 1.54) is 17.7 Å². The van der Waals surface area contributed by atoms with E-state index >= 15 is 0 Å². The van der Waals surface area contributed by atoms with Crippen LogP contribution in [-0.2, 0) is 6.42 Å². The SMILES string of the molecule is CC(NC(=O)NCCc1c[nH]c2ccc(F)cc12)C1=CCN(C)CC1. The molecule has 2 amide bonds. The Kier molecular flexibility index (Phi) is 5.38. The standard InChI is InChI=1S/C19H25FN4O/c1-13(14-6-9-24(2)10-7-14)23-19(25)21-8-5-15-12-22-18-4-3-16(20)11-17(15)18/h3-4,6,11-13,22H,5,7-10H2,1-2H3,(H2,21,23,25). The molecule has 1 atom stereocenters. The van der Waals surface area contributed by atoms with E-state index in [2.05, 4.69) is 33.6 Å². The monoisotopic (exact) mass is 344 g/mol. The van der Waals surface area contributed by atoms with Crippen molar-refractivity contribution in [2.45, 2.75) is 25.8 Å². The normalized spacial score (nSPS) is 16.5. The number of nitrogens with zero attached hydrogens (tertiary/aromatic N) is 1. The van der Waals surface area contributed by atoms with Crippen LogP contribution in [0, 0.1) is 5.82 Å². The van der Waals surface area contributed by atoms with E-state index in [1.807, 2.05) is 13.1 Å². The second-order valence-corrected chi connectivity index (χ2v) is 6.67. The Bertz CT molecular complexity index is 783. The van der Waals surface area contributed by atoms with E-state index < -0.39 is 0 Å². The number of rotatable bonds is 5. The van der Waals surface area contributed by atoms with E-state index in [4.69, 9.17) is 0 Å². The van der Waals surface area contributed by atoms with E-state index in [0.717, 1.165) is 36.0 Å².